The van der Waals surface area contributed by atoms with Crippen LogP contribution in [0.5, 0.6) is 11.5 Å². The second-order valence-electron chi connectivity index (χ2n) is 7.53. The summed E-state index contributed by atoms with van der Waals surface area (Å²) in [6.07, 6.45) is 1.54. The maximum absolute atomic E-state index is 12.6. The fourth-order valence-electron chi connectivity index (χ4n) is 3.81. The van der Waals surface area contributed by atoms with Crippen LogP contribution >= 0.6 is 0 Å². The molecule has 168 valence electrons. The third-order valence-corrected chi connectivity index (χ3v) is 5.46. The summed E-state index contributed by atoms with van der Waals surface area (Å²) in [5, 5.41) is 10.7. The normalized spacial score (nSPS) is 10.8. The second kappa shape index (κ2) is 9.58. The molecule has 0 aliphatic heterocycles. The molecule has 0 aliphatic carbocycles. The van der Waals surface area contributed by atoms with Crippen molar-refractivity contribution < 1.29 is 19.4 Å². The first-order valence-corrected chi connectivity index (χ1v) is 10.4. The Kier molecular flexibility index (Phi) is 6.42. The number of amides is 1. The van der Waals surface area contributed by atoms with Gasteiger partial charge in [0.1, 0.15) is 13.3 Å². The predicted octanol–water partition coefficient (Wildman–Crippen LogP) is 4.32. The maximum Gasteiger partial charge on any atom is 0.251 e. The van der Waals surface area contributed by atoms with E-state index >= 15 is 0 Å². The number of fused-ring (bicyclic) bond motifs is 1. The number of hydrogen-bond donors (Lipinski definition) is 2. The van der Waals surface area contributed by atoms with E-state index in [0.717, 1.165) is 16.8 Å². The summed E-state index contributed by atoms with van der Waals surface area (Å²) in [5.74, 6) is 0.317. The Balaban J connectivity index is 1.85. The molecule has 7 nitrogen and oxygen atoms in total. The summed E-state index contributed by atoms with van der Waals surface area (Å²) < 4.78 is 11.5. The van der Waals surface area contributed by atoms with Crippen LogP contribution in [-0.4, -0.2) is 29.8 Å². The van der Waals surface area contributed by atoms with Gasteiger partial charge in [0, 0.05) is 17.1 Å². The highest BCUT2D eigenvalue weighted by Gasteiger charge is 2.22. The zero-order valence-electron chi connectivity index (χ0n) is 18.5. The summed E-state index contributed by atoms with van der Waals surface area (Å²) in [5.41, 5.74) is 9.68. The van der Waals surface area contributed by atoms with E-state index in [9.17, 15) is 9.90 Å². The number of primary amides is 1. The standard InChI is InChI=1S/C26H25N3O4/c1-17-8-6-7-11-21(17)29(16-30)22-14-28-20-13-23(32-2)24(12-19(20)25(22)26(27)31)33-15-18-9-4-3-5-10-18/h3-14,30H,15-16H2,1-2H3,(H2,27,31). The van der Waals surface area contributed by atoms with E-state index in [2.05, 4.69) is 4.98 Å². The molecule has 4 rings (SSSR count). The molecule has 0 radical (unpaired) electrons. The molecule has 0 atom stereocenters. The van der Waals surface area contributed by atoms with E-state index in [4.69, 9.17) is 15.2 Å². The van der Waals surface area contributed by atoms with Gasteiger partial charge in [-0.15, -0.1) is 0 Å². The number of carbonyl (C=O) groups is 1. The van der Waals surface area contributed by atoms with E-state index in [0.29, 0.717) is 34.7 Å². The highest BCUT2D eigenvalue weighted by Crippen LogP contribution is 2.38. The minimum Gasteiger partial charge on any atom is -0.493 e. The third kappa shape index (κ3) is 4.44. The van der Waals surface area contributed by atoms with Gasteiger partial charge in [0.25, 0.3) is 5.91 Å². The summed E-state index contributed by atoms with van der Waals surface area (Å²) >= 11 is 0. The zero-order chi connectivity index (χ0) is 23.4. The third-order valence-electron chi connectivity index (χ3n) is 5.46. The molecule has 0 aliphatic rings. The predicted molar refractivity (Wildman–Crippen MR) is 128 cm³/mol. The first-order valence-electron chi connectivity index (χ1n) is 10.4. The smallest absolute Gasteiger partial charge is 0.251 e. The average molecular weight is 444 g/mol. The van der Waals surface area contributed by atoms with Gasteiger partial charge in [0.05, 0.1) is 30.1 Å². The number of ether oxygens (including phenoxy) is 2. The lowest BCUT2D eigenvalue weighted by atomic mass is 10.0. The number of aryl methyl sites for hydroxylation is 1. The van der Waals surface area contributed by atoms with Gasteiger partial charge in [0.15, 0.2) is 11.5 Å². The molecule has 0 unspecified atom stereocenters. The zero-order valence-corrected chi connectivity index (χ0v) is 18.5. The van der Waals surface area contributed by atoms with Crippen molar-refractivity contribution in [2.75, 3.05) is 18.7 Å². The fourth-order valence-corrected chi connectivity index (χ4v) is 3.81. The number of aromatic nitrogens is 1. The minimum absolute atomic E-state index is 0.240. The van der Waals surface area contributed by atoms with Crippen LogP contribution in [0.2, 0.25) is 0 Å². The first-order chi connectivity index (χ1) is 16.0. The van der Waals surface area contributed by atoms with Crippen LogP contribution in [0.3, 0.4) is 0 Å². The van der Waals surface area contributed by atoms with Crippen LogP contribution in [-0.2, 0) is 6.61 Å². The molecule has 33 heavy (non-hydrogen) atoms. The Morgan fingerprint density at radius 3 is 2.42 bits per heavy atom. The van der Waals surface area contributed by atoms with Crippen LogP contribution < -0.4 is 20.1 Å². The Labute approximate surface area is 192 Å². The van der Waals surface area contributed by atoms with Crippen molar-refractivity contribution in [1.29, 1.82) is 0 Å². The molecular weight excluding hydrogens is 418 g/mol. The van der Waals surface area contributed by atoms with Gasteiger partial charge in [-0.25, -0.2) is 0 Å². The molecule has 7 heteroatoms. The largest absolute Gasteiger partial charge is 0.493 e. The summed E-state index contributed by atoms with van der Waals surface area (Å²) in [6.45, 7) is 1.90. The number of pyridine rings is 1. The number of para-hydroxylation sites is 1. The minimum atomic E-state index is -0.636. The number of aliphatic hydroxyl groups is 1. The lowest BCUT2D eigenvalue weighted by Gasteiger charge is -2.26. The number of aliphatic hydroxyl groups excluding tert-OH is 1. The number of carbonyl (C=O) groups excluding carboxylic acids is 1. The summed E-state index contributed by atoms with van der Waals surface area (Å²) in [6, 6.07) is 20.7. The van der Waals surface area contributed by atoms with Crippen molar-refractivity contribution in [3.63, 3.8) is 0 Å². The van der Waals surface area contributed by atoms with Gasteiger partial charge in [-0.1, -0.05) is 48.5 Å². The lowest BCUT2D eigenvalue weighted by Crippen LogP contribution is -2.24. The molecule has 0 saturated heterocycles. The van der Waals surface area contributed by atoms with Crippen molar-refractivity contribution in [1.82, 2.24) is 4.98 Å². The molecule has 3 N–H and O–H groups in total. The Morgan fingerprint density at radius 2 is 1.76 bits per heavy atom. The van der Waals surface area contributed by atoms with Gasteiger partial charge in [-0.05, 0) is 30.2 Å². The summed E-state index contributed by atoms with van der Waals surface area (Å²) in [7, 11) is 1.55. The van der Waals surface area contributed by atoms with Gasteiger partial charge >= 0.3 is 0 Å². The van der Waals surface area contributed by atoms with Gasteiger partial charge in [0.2, 0.25) is 0 Å². The fraction of sp³-hybridized carbons (Fsp3) is 0.154. The molecule has 0 bridgehead atoms. The second-order valence-corrected chi connectivity index (χ2v) is 7.53. The SMILES string of the molecule is COc1cc2ncc(N(CO)c3ccccc3C)c(C(N)=O)c2cc1OCc1ccccc1. The number of rotatable bonds is 8. The van der Waals surface area contributed by atoms with Gasteiger partial charge in [-0.3, -0.25) is 9.78 Å². The molecule has 0 saturated carbocycles. The molecule has 1 amide bonds. The highest BCUT2D eigenvalue weighted by molar-refractivity contribution is 6.11. The molecule has 0 fully saturated rings. The Bertz CT molecular complexity index is 1290. The molecule has 1 heterocycles. The van der Waals surface area contributed by atoms with Crippen molar-refractivity contribution in [3.8, 4) is 11.5 Å². The van der Waals surface area contributed by atoms with E-state index in [1.807, 2.05) is 61.5 Å². The molecule has 1 aromatic heterocycles. The number of methoxy groups -OCH3 is 1. The van der Waals surface area contributed by atoms with E-state index in [1.54, 1.807) is 24.1 Å². The van der Waals surface area contributed by atoms with Crippen LogP contribution in [0.4, 0.5) is 11.4 Å². The van der Waals surface area contributed by atoms with Crippen LogP contribution in [0.15, 0.2) is 72.9 Å². The van der Waals surface area contributed by atoms with Crippen molar-refractivity contribution in [2.24, 2.45) is 5.73 Å². The van der Waals surface area contributed by atoms with Gasteiger partial charge < -0.3 is 25.2 Å². The van der Waals surface area contributed by atoms with Crippen molar-refractivity contribution >= 4 is 28.2 Å². The number of hydrogen-bond acceptors (Lipinski definition) is 6. The number of nitrogens with two attached hydrogens (primary N) is 1. The van der Waals surface area contributed by atoms with Gasteiger partial charge in [-0.2, -0.15) is 0 Å². The van der Waals surface area contributed by atoms with Crippen molar-refractivity contribution in [3.05, 3.63) is 89.6 Å². The van der Waals surface area contributed by atoms with E-state index < -0.39 is 5.91 Å². The van der Waals surface area contributed by atoms with Crippen molar-refractivity contribution in [2.45, 2.75) is 13.5 Å². The van der Waals surface area contributed by atoms with E-state index in [-0.39, 0.29) is 12.3 Å². The topological polar surface area (TPSA) is 97.9 Å². The highest BCUT2D eigenvalue weighted by atomic mass is 16.5. The number of anilines is 2. The van der Waals surface area contributed by atoms with Crippen LogP contribution in [0, 0.1) is 6.92 Å². The quantitative estimate of drug-likeness (QED) is 0.394. The lowest BCUT2D eigenvalue weighted by molar-refractivity contribution is 0.100. The average Bonchev–Trinajstić information content (AvgIpc) is 2.84. The summed E-state index contributed by atoms with van der Waals surface area (Å²) in [4.78, 5) is 18.8. The monoisotopic (exact) mass is 443 g/mol. The first kappa shape index (κ1) is 22.1. The number of nitrogens with zero attached hydrogens (tertiary/aromatic N) is 2. The maximum atomic E-state index is 12.6. The molecule has 0 spiro atoms. The molecule has 3 aromatic carbocycles. The number of benzene rings is 3. The Hall–Kier alpha value is -4.10. The van der Waals surface area contributed by atoms with Crippen LogP contribution in [0.25, 0.3) is 10.9 Å². The molecular formula is C26H25N3O4. The Morgan fingerprint density at radius 1 is 1.03 bits per heavy atom. The van der Waals surface area contributed by atoms with E-state index in [1.165, 1.54) is 6.20 Å². The molecule has 4 aromatic rings. The van der Waals surface area contributed by atoms with Crippen LogP contribution in [0.1, 0.15) is 21.5 Å².